The Morgan fingerprint density at radius 3 is 2.58 bits per heavy atom. The summed E-state index contributed by atoms with van der Waals surface area (Å²) in [6.07, 6.45) is 2.54. The molecule has 0 saturated carbocycles. The summed E-state index contributed by atoms with van der Waals surface area (Å²) in [6, 6.07) is 17.1. The number of nitrogens with one attached hydrogen (secondary N) is 1. The van der Waals surface area contributed by atoms with Crippen molar-refractivity contribution in [2.75, 3.05) is 18.0 Å². The van der Waals surface area contributed by atoms with Gasteiger partial charge in [0.1, 0.15) is 0 Å². The molecule has 2 aromatic heterocycles. The van der Waals surface area contributed by atoms with Crippen molar-refractivity contribution in [1.29, 1.82) is 0 Å². The van der Waals surface area contributed by atoms with E-state index in [-0.39, 0.29) is 11.1 Å². The number of benzene rings is 2. The highest BCUT2D eigenvalue weighted by Crippen LogP contribution is 2.27. The second kappa shape index (κ2) is 7.78. The Balaban J connectivity index is 1.49. The first-order valence-electron chi connectivity index (χ1n) is 10.5. The van der Waals surface area contributed by atoms with Crippen molar-refractivity contribution < 1.29 is 0 Å². The van der Waals surface area contributed by atoms with Crippen LogP contribution in [0, 0.1) is 0 Å². The Hall–Kier alpha value is -3.25. The molecule has 0 atom stereocenters. The molecule has 0 saturated heterocycles. The van der Waals surface area contributed by atoms with E-state index in [0.717, 1.165) is 31.6 Å². The Morgan fingerprint density at radius 2 is 1.77 bits per heavy atom. The highest BCUT2D eigenvalue weighted by atomic mass is 35.5. The maximum absolute atomic E-state index is 13.3. The number of para-hydroxylation sites is 2. The normalized spacial score (nSPS) is 13.2. The van der Waals surface area contributed by atoms with Crippen LogP contribution in [0.15, 0.2) is 64.2 Å². The summed E-state index contributed by atoms with van der Waals surface area (Å²) in [5, 5.41) is 4.08. The minimum absolute atomic E-state index is 0.137. The zero-order valence-corrected chi connectivity index (χ0v) is 18.0. The molecule has 0 unspecified atom stereocenters. The smallest absolute Gasteiger partial charge is 0.280 e. The SMILES string of the molecule is Cn1c(CCCN2CCc3ccccc32)c2c(=O)n(-c3ccccc3Cl)[nH]c2cc1=O. The zero-order valence-electron chi connectivity index (χ0n) is 17.3. The summed E-state index contributed by atoms with van der Waals surface area (Å²) in [4.78, 5) is 28.2. The summed E-state index contributed by atoms with van der Waals surface area (Å²) in [5.74, 6) is 0. The molecule has 0 fully saturated rings. The first-order chi connectivity index (χ1) is 15.0. The number of anilines is 1. The van der Waals surface area contributed by atoms with Gasteiger partial charge < -0.3 is 9.47 Å². The highest BCUT2D eigenvalue weighted by Gasteiger charge is 2.20. The molecule has 3 heterocycles. The van der Waals surface area contributed by atoms with Crippen LogP contribution in [0.1, 0.15) is 17.7 Å². The number of hydrogen-bond acceptors (Lipinski definition) is 3. The predicted octanol–water partition coefficient (Wildman–Crippen LogP) is 3.67. The average Bonchev–Trinajstić information content (AvgIpc) is 3.32. The lowest BCUT2D eigenvalue weighted by atomic mass is 10.1. The fraction of sp³-hybridized carbons (Fsp3) is 0.250. The van der Waals surface area contributed by atoms with E-state index in [1.807, 2.05) is 12.1 Å². The largest absolute Gasteiger partial charge is 0.371 e. The number of H-pyrrole nitrogens is 1. The van der Waals surface area contributed by atoms with Gasteiger partial charge in [-0.3, -0.25) is 14.7 Å². The summed E-state index contributed by atoms with van der Waals surface area (Å²) in [5.41, 5.74) is 4.20. The lowest BCUT2D eigenvalue weighted by Crippen LogP contribution is -2.25. The minimum Gasteiger partial charge on any atom is -0.371 e. The number of fused-ring (bicyclic) bond motifs is 2. The molecule has 31 heavy (non-hydrogen) atoms. The lowest BCUT2D eigenvalue weighted by Gasteiger charge is -2.19. The molecule has 7 heteroatoms. The van der Waals surface area contributed by atoms with Crippen LogP contribution in [0.2, 0.25) is 5.02 Å². The van der Waals surface area contributed by atoms with Crippen molar-refractivity contribution >= 4 is 28.2 Å². The van der Waals surface area contributed by atoms with Crippen LogP contribution in [-0.4, -0.2) is 27.4 Å². The molecule has 0 radical (unpaired) electrons. The number of rotatable bonds is 5. The van der Waals surface area contributed by atoms with Gasteiger partial charge >= 0.3 is 0 Å². The Kier molecular flexibility index (Phi) is 4.94. The quantitative estimate of drug-likeness (QED) is 0.521. The molecule has 4 aromatic rings. The van der Waals surface area contributed by atoms with Gasteiger partial charge in [0, 0.05) is 37.6 Å². The Morgan fingerprint density at radius 1 is 1.03 bits per heavy atom. The van der Waals surface area contributed by atoms with Gasteiger partial charge in [0.05, 0.1) is 21.6 Å². The fourth-order valence-corrected chi connectivity index (χ4v) is 4.75. The van der Waals surface area contributed by atoms with Crippen LogP contribution in [0.5, 0.6) is 0 Å². The number of aromatic nitrogens is 3. The number of nitrogens with zero attached hydrogens (tertiary/aromatic N) is 3. The van der Waals surface area contributed by atoms with Crippen LogP contribution in [-0.2, 0) is 19.9 Å². The zero-order chi connectivity index (χ0) is 21.5. The minimum atomic E-state index is -0.194. The molecule has 1 N–H and O–H groups in total. The number of pyridine rings is 1. The van der Waals surface area contributed by atoms with Gasteiger partial charge in [-0.1, -0.05) is 41.9 Å². The monoisotopic (exact) mass is 434 g/mol. The molecule has 1 aliphatic heterocycles. The van der Waals surface area contributed by atoms with Gasteiger partial charge in [0.15, 0.2) is 0 Å². The van der Waals surface area contributed by atoms with Gasteiger partial charge in [-0.2, -0.15) is 0 Å². The first kappa shape index (κ1) is 19.7. The van der Waals surface area contributed by atoms with E-state index >= 15 is 0 Å². The van der Waals surface area contributed by atoms with Crippen LogP contribution in [0.3, 0.4) is 0 Å². The summed E-state index contributed by atoms with van der Waals surface area (Å²) < 4.78 is 3.01. The molecular weight excluding hydrogens is 412 g/mol. The number of aryl methyl sites for hydroxylation is 1. The molecule has 5 rings (SSSR count). The molecule has 2 aromatic carbocycles. The average molecular weight is 435 g/mol. The van der Waals surface area contributed by atoms with Gasteiger partial charge in [0.25, 0.3) is 11.1 Å². The van der Waals surface area contributed by atoms with Gasteiger partial charge in [-0.15, -0.1) is 0 Å². The second-order valence-electron chi connectivity index (χ2n) is 7.95. The molecule has 0 bridgehead atoms. The van der Waals surface area contributed by atoms with E-state index in [2.05, 4.69) is 34.3 Å². The van der Waals surface area contributed by atoms with Gasteiger partial charge in [-0.05, 0) is 43.0 Å². The number of halogens is 1. The highest BCUT2D eigenvalue weighted by molar-refractivity contribution is 6.32. The van der Waals surface area contributed by atoms with E-state index in [4.69, 9.17) is 11.6 Å². The van der Waals surface area contributed by atoms with Crippen LogP contribution in [0.4, 0.5) is 5.69 Å². The molecule has 0 aliphatic carbocycles. The molecule has 0 amide bonds. The Labute approximate surface area is 184 Å². The standard InChI is InChI=1S/C24H23ClN4O2/c1-27-21(11-6-13-28-14-12-16-7-2-4-9-19(16)28)23-18(15-22(27)30)26-29(24(23)31)20-10-5-3-8-17(20)25/h2-5,7-10,15,26H,6,11-14H2,1H3. The summed E-state index contributed by atoms with van der Waals surface area (Å²) >= 11 is 6.31. The van der Waals surface area contributed by atoms with Crippen molar-refractivity contribution in [3.8, 4) is 5.69 Å². The van der Waals surface area contributed by atoms with Crippen molar-refractivity contribution in [3.63, 3.8) is 0 Å². The maximum Gasteiger partial charge on any atom is 0.280 e. The van der Waals surface area contributed by atoms with Gasteiger partial charge in [0.2, 0.25) is 0 Å². The second-order valence-corrected chi connectivity index (χ2v) is 8.36. The molecule has 1 aliphatic rings. The predicted molar refractivity (Wildman–Crippen MR) is 125 cm³/mol. The van der Waals surface area contributed by atoms with Crippen LogP contribution < -0.4 is 16.0 Å². The molecule has 0 spiro atoms. The van der Waals surface area contributed by atoms with E-state index < -0.39 is 0 Å². The van der Waals surface area contributed by atoms with Crippen molar-refractivity contribution in [2.45, 2.75) is 19.3 Å². The molecule has 6 nitrogen and oxygen atoms in total. The van der Waals surface area contributed by atoms with Gasteiger partial charge in [-0.25, -0.2) is 4.68 Å². The third-order valence-electron chi connectivity index (χ3n) is 6.13. The topological polar surface area (TPSA) is 63.0 Å². The maximum atomic E-state index is 13.3. The van der Waals surface area contributed by atoms with Crippen molar-refractivity contribution in [3.05, 3.63) is 91.6 Å². The van der Waals surface area contributed by atoms with Crippen molar-refractivity contribution in [1.82, 2.24) is 14.3 Å². The van der Waals surface area contributed by atoms with Crippen molar-refractivity contribution in [2.24, 2.45) is 7.05 Å². The van der Waals surface area contributed by atoms with Crippen LogP contribution in [0.25, 0.3) is 16.6 Å². The molecular formula is C24H23ClN4O2. The van der Waals surface area contributed by atoms with E-state index in [1.165, 1.54) is 22.0 Å². The summed E-state index contributed by atoms with van der Waals surface area (Å²) in [6.45, 7) is 1.89. The molecule has 158 valence electrons. The first-order valence-corrected chi connectivity index (χ1v) is 10.8. The van der Waals surface area contributed by atoms with E-state index in [9.17, 15) is 9.59 Å². The number of hydrogen-bond donors (Lipinski definition) is 1. The third-order valence-corrected chi connectivity index (χ3v) is 6.45. The van der Waals surface area contributed by atoms with E-state index in [0.29, 0.717) is 28.0 Å². The number of aromatic amines is 1. The Bertz CT molecular complexity index is 1400. The lowest BCUT2D eigenvalue weighted by molar-refractivity contribution is 0.704. The van der Waals surface area contributed by atoms with E-state index in [1.54, 1.807) is 23.7 Å². The summed E-state index contributed by atoms with van der Waals surface area (Å²) in [7, 11) is 1.73. The third kappa shape index (κ3) is 3.37. The van der Waals surface area contributed by atoms with Crippen LogP contribution >= 0.6 is 11.6 Å². The fourth-order valence-electron chi connectivity index (χ4n) is 4.53.